The first-order valence-electron chi connectivity index (χ1n) is 5.36. The van der Waals surface area contributed by atoms with E-state index in [1.54, 1.807) is 29.9 Å². The van der Waals surface area contributed by atoms with E-state index in [9.17, 15) is 0 Å². The largest absolute Gasteiger partial charge is 0.378 e. The second-order valence-corrected chi connectivity index (χ2v) is 5.46. The van der Waals surface area contributed by atoms with Gasteiger partial charge in [-0.05, 0) is 33.6 Å². The van der Waals surface area contributed by atoms with Crippen molar-refractivity contribution >= 4 is 43.2 Å². The third kappa shape index (κ3) is 2.21. The zero-order chi connectivity index (χ0) is 12.4. The van der Waals surface area contributed by atoms with Crippen LogP contribution in [0.1, 0.15) is 5.56 Å². The van der Waals surface area contributed by atoms with Gasteiger partial charge in [0.25, 0.3) is 0 Å². The molecule has 3 aromatic rings. The topological polar surface area (TPSA) is 50.7 Å². The Kier molecular flexibility index (Phi) is 3.21. The third-order valence-corrected chi connectivity index (χ3v) is 4.45. The number of anilines is 1. The molecule has 6 heteroatoms. The fraction of sp³-hybridized carbons (Fsp3) is 0.0833. The first-order valence-corrected chi connectivity index (χ1v) is 7.03. The summed E-state index contributed by atoms with van der Waals surface area (Å²) < 4.78 is 2.11. The van der Waals surface area contributed by atoms with Crippen LogP contribution in [-0.4, -0.2) is 15.2 Å². The van der Waals surface area contributed by atoms with Gasteiger partial charge in [-0.25, -0.2) is 0 Å². The second-order valence-electron chi connectivity index (χ2n) is 3.73. The smallest absolute Gasteiger partial charge is 0.120 e. The fourth-order valence-corrected chi connectivity index (χ4v) is 3.18. The van der Waals surface area contributed by atoms with Gasteiger partial charge in [-0.15, -0.1) is 16.4 Å². The lowest BCUT2D eigenvalue weighted by atomic mass is 10.2. The van der Waals surface area contributed by atoms with Crippen molar-refractivity contribution in [3.63, 3.8) is 0 Å². The van der Waals surface area contributed by atoms with Gasteiger partial charge in [0.05, 0.1) is 21.1 Å². The molecular formula is C12H9BrN4S. The molecule has 3 rings (SSSR count). The van der Waals surface area contributed by atoms with Crippen molar-refractivity contribution in [1.82, 2.24) is 15.2 Å². The van der Waals surface area contributed by atoms with Crippen molar-refractivity contribution in [1.29, 1.82) is 0 Å². The highest BCUT2D eigenvalue weighted by Gasteiger charge is 2.08. The van der Waals surface area contributed by atoms with Gasteiger partial charge in [-0.3, -0.25) is 4.98 Å². The van der Waals surface area contributed by atoms with E-state index in [2.05, 4.69) is 36.4 Å². The van der Waals surface area contributed by atoms with Gasteiger partial charge < -0.3 is 5.32 Å². The number of nitrogens with one attached hydrogen (secondary N) is 1. The Morgan fingerprint density at radius 3 is 2.94 bits per heavy atom. The van der Waals surface area contributed by atoms with Gasteiger partial charge in [0.2, 0.25) is 0 Å². The number of thiophene rings is 1. The lowest BCUT2D eigenvalue weighted by Gasteiger charge is -2.06. The quantitative estimate of drug-likeness (QED) is 0.803. The predicted molar refractivity (Wildman–Crippen MR) is 76.7 cm³/mol. The Bertz CT molecular complexity index is 668. The van der Waals surface area contributed by atoms with E-state index in [0.717, 1.165) is 26.9 Å². The molecule has 0 aliphatic carbocycles. The molecule has 0 spiro atoms. The molecule has 0 fully saturated rings. The molecule has 18 heavy (non-hydrogen) atoms. The number of pyridine rings is 1. The van der Waals surface area contributed by atoms with Crippen LogP contribution in [0.15, 0.2) is 40.6 Å². The van der Waals surface area contributed by atoms with Crippen molar-refractivity contribution in [2.24, 2.45) is 0 Å². The SMILES string of the molecule is Brc1csc2c(NCc3ccncc3)cnnc12. The molecule has 0 aromatic carbocycles. The third-order valence-electron chi connectivity index (χ3n) is 2.54. The van der Waals surface area contributed by atoms with Gasteiger partial charge >= 0.3 is 0 Å². The number of hydrogen-bond donors (Lipinski definition) is 1. The number of hydrogen-bond acceptors (Lipinski definition) is 5. The summed E-state index contributed by atoms with van der Waals surface area (Å²) in [4.78, 5) is 4.00. The standard InChI is InChI=1S/C12H9BrN4S/c13-9-7-18-12-10(6-16-17-11(9)12)15-5-8-1-3-14-4-2-8/h1-4,6-7H,5H2,(H,15,17). The molecule has 0 aliphatic heterocycles. The van der Waals surface area contributed by atoms with E-state index in [1.807, 2.05) is 17.5 Å². The molecule has 0 saturated heterocycles. The lowest BCUT2D eigenvalue weighted by Crippen LogP contribution is -2.00. The number of rotatable bonds is 3. The van der Waals surface area contributed by atoms with Crippen LogP contribution >= 0.6 is 27.3 Å². The van der Waals surface area contributed by atoms with E-state index in [4.69, 9.17) is 0 Å². The van der Waals surface area contributed by atoms with Gasteiger partial charge in [0.1, 0.15) is 5.52 Å². The molecule has 0 bridgehead atoms. The zero-order valence-electron chi connectivity index (χ0n) is 9.30. The monoisotopic (exact) mass is 320 g/mol. The normalized spacial score (nSPS) is 10.7. The highest BCUT2D eigenvalue weighted by molar-refractivity contribution is 9.10. The summed E-state index contributed by atoms with van der Waals surface area (Å²) in [5.41, 5.74) is 3.10. The first-order chi connectivity index (χ1) is 8.84. The van der Waals surface area contributed by atoms with E-state index < -0.39 is 0 Å². The molecule has 0 radical (unpaired) electrons. The van der Waals surface area contributed by atoms with E-state index in [0.29, 0.717) is 0 Å². The van der Waals surface area contributed by atoms with Crippen LogP contribution < -0.4 is 5.32 Å². The summed E-state index contributed by atoms with van der Waals surface area (Å²) in [6.07, 6.45) is 5.34. The highest BCUT2D eigenvalue weighted by atomic mass is 79.9. The number of aromatic nitrogens is 3. The summed E-state index contributed by atoms with van der Waals surface area (Å²) >= 11 is 5.12. The summed E-state index contributed by atoms with van der Waals surface area (Å²) in [6.45, 7) is 0.749. The lowest BCUT2D eigenvalue weighted by molar-refractivity contribution is 1.06. The van der Waals surface area contributed by atoms with Crippen molar-refractivity contribution < 1.29 is 0 Å². The molecule has 0 unspecified atom stereocenters. The summed E-state index contributed by atoms with van der Waals surface area (Å²) in [7, 11) is 0. The minimum atomic E-state index is 0.749. The van der Waals surface area contributed by atoms with E-state index >= 15 is 0 Å². The van der Waals surface area contributed by atoms with Crippen molar-refractivity contribution in [3.05, 3.63) is 46.1 Å². The Labute approximate surface area is 116 Å². The van der Waals surface area contributed by atoms with Crippen molar-refractivity contribution in [2.45, 2.75) is 6.54 Å². The number of halogens is 1. The number of fused-ring (bicyclic) bond motifs is 1. The molecule has 90 valence electrons. The molecule has 0 aliphatic rings. The minimum absolute atomic E-state index is 0.749. The molecule has 0 saturated carbocycles. The van der Waals surface area contributed by atoms with Crippen LogP contribution in [-0.2, 0) is 6.54 Å². The summed E-state index contributed by atoms with van der Waals surface area (Å²) in [5, 5.41) is 13.5. The van der Waals surface area contributed by atoms with Gasteiger partial charge in [0.15, 0.2) is 0 Å². The highest BCUT2D eigenvalue weighted by Crippen LogP contribution is 2.32. The molecule has 3 heterocycles. The average molecular weight is 321 g/mol. The predicted octanol–water partition coefficient (Wildman–Crippen LogP) is 3.46. The van der Waals surface area contributed by atoms with Crippen molar-refractivity contribution in [3.8, 4) is 0 Å². The maximum absolute atomic E-state index is 4.12. The van der Waals surface area contributed by atoms with Crippen molar-refractivity contribution in [2.75, 3.05) is 5.32 Å². The van der Waals surface area contributed by atoms with Gasteiger partial charge in [0, 0.05) is 24.3 Å². The van der Waals surface area contributed by atoms with E-state index in [-0.39, 0.29) is 0 Å². The zero-order valence-corrected chi connectivity index (χ0v) is 11.7. The summed E-state index contributed by atoms with van der Waals surface area (Å²) in [5.74, 6) is 0. The van der Waals surface area contributed by atoms with Crippen LogP contribution in [0.3, 0.4) is 0 Å². The van der Waals surface area contributed by atoms with Crippen LogP contribution in [0.4, 0.5) is 5.69 Å². The maximum atomic E-state index is 4.12. The van der Waals surface area contributed by atoms with E-state index in [1.165, 1.54) is 5.56 Å². The van der Waals surface area contributed by atoms with Crippen LogP contribution in [0.2, 0.25) is 0 Å². The summed E-state index contributed by atoms with van der Waals surface area (Å²) in [6, 6.07) is 3.98. The van der Waals surface area contributed by atoms with Gasteiger partial charge in [-0.2, -0.15) is 5.10 Å². The second kappa shape index (κ2) is 4.99. The Morgan fingerprint density at radius 1 is 1.28 bits per heavy atom. The molecule has 3 aromatic heterocycles. The Hall–Kier alpha value is -1.53. The van der Waals surface area contributed by atoms with Crippen LogP contribution in [0.25, 0.3) is 10.2 Å². The Balaban J connectivity index is 1.87. The molecule has 0 amide bonds. The Morgan fingerprint density at radius 2 is 2.11 bits per heavy atom. The molecular weight excluding hydrogens is 312 g/mol. The van der Waals surface area contributed by atoms with Crippen LogP contribution in [0, 0.1) is 0 Å². The molecule has 4 nitrogen and oxygen atoms in total. The van der Waals surface area contributed by atoms with Gasteiger partial charge in [-0.1, -0.05) is 0 Å². The molecule has 0 atom stereocenters. The fourth-order valence-electron chi connectivity index (χ4n) is 1.64. The minimum Gasteiger partial charge on any atom is -0.378 e. The first kappa shape index (κ1) is 11.6. The number of nitrogens with zero attached hydrogens (tertiary/aromatic N) is 3. The molecule has 1 N–H and O–H groups in total. The van der Waals surface area contributed by atoms with Crippen LogP contribution in [0.5, 0.6) is 0 Å². The average Bonchev–Trinajstić information content (AvgIpc) is 2.80. The maximum Gasteiger partial charge on any atom is 0.120 e.